The molecule has 0 spiro atoms. The van der Waals surface area contributed by atoms with Gasteiger partial charge in [-0.25, -0.2) is 0 Å². The van der Waals surface area contributed by atoms with Gasteiger partial charge >= 0.3 is 0 Å². The standard InChI is InChI=1S/C10H21N3/c1-6-7-9-8(2)12(4)10(11-3)13(9)5/h8-9H,6-7H2,1-5H3/b11-10+. The summed E-state index contributed by atoms with van der Waals surface area (Å²) in [5.74, 6) is 1.12. The molecule has 0 radical (unpaired) electrons. The molecule has 1 aliphatic rings. The first-order valence-electron chi connectivity index (χ1n) is 5.05. The Morgan fingerprint density at radius 3 is 2.31 bits per heavy atom. The summed E-state index contributed by atoms with van der Waals surface area (Å²) < 4.78 is 0. The fourth-order valence-electron chi connectivity index (χ4n) is 2.21. The predicted octanol–water partition coefficient (Wildman–Crippen LogP) is 1.41. The Hall–Kier alpha value is -0.730. The fourth-order valence-corrected chi connectivity index (χ4v) is 2.21. The Morgan fingerprint density at radius 2 is 1.92 bits per heavy atom. The van der Waals surface area contributed by atoms with Crippen LogP contribution < -0.4 is 0 Å². The van der Waals surface area contributed by atoms with Crippen LogP contribution in [0.5, 0.6) is 0 Å². The molecule has 1 heterocycles. The third-order valence-electron chi connectivity index (χ3n) is 3.08. The maximum Gasteiger partial charge on any atom is 0.196 e. The molecule has 2 atom stereocenters. The second-order valence-corrected chi connectivity index (χ2v) is 3.84. The van der Waals surface area contributed by atoms with Crippen molar-refractivity contribution in [3.63, 3.8) is 0 Å². The molecular weight excluding hydrogens is 162 g/mol. The van der Waals surface area contributed by atoms with E-state index < -0.39 is 0 Å². The Balaban J connectivity index is 2.78. The smallest absolute Gasteiger partial charge is 0.196 e. The van der Waals surface area contributed by atoms with Gasteiger partial charge in [0.2, 0.25) is 0 Å². The Kier molecular flexibility index (Phi) is 3.17. The van der Waals surface area contributed by atoms with Crippen molar-refractivity contribution in [3.05, 3.63) is 0 Å². The lowest BCUT2D eigenvalue weighted by molar-refractivity contribution is 0.305. The average Bonchev–Trinajstić information content (AvgIpc) is 2.31. The van der Waals surface area contributed by atoms with Gasteiger partial charge in [0.1, 0.15) is 0 Å². The van der Waals surface area contributed by atoms with E-state index in [1.54, 1.807) is 0 Å². The molecule has 0 aromatic rings. The van der Waals surface area contributed by atoms with Crippen molar-refractivity contribution in [2.24, 2.45) is 4.99 Å². The van der Waals surface area contributed by atoms with Crippen molar-refractivity contribution in [3.8, 4) is 0 Å². The topological polar surface area (TPSA) is 18.8 Å². The van der Waals surface area contributed by atoms with Crippen molar-refractivity contribution in [1.82, 2.24) is 9.80 Å². The fraction of sp³-hybridized carbons (Fsp3) is 0.900. The number of rotatable bonds is 2. The van der Waals surface area contributed by atoms with Gasteiger partial charge in [0.25, 0.3) is 0 Å². The zero-order chi connectivity index (χ0) is 10.0. The summed E-state index contributed by atoms with van der Waals surface area (Å²) >= 11 is 0. The highest BCUT2D eigenvalue weighted by Gasteiger charge is 2.35. The molecule has 0 bridgehead atoms. The van der Waals surface area contributed by atoms with Gasteiger partial charge in [-0.05, 0) is 13.3 Å². The number of likely N-dealkylation sites (N-methyl/N-ethyl adjacent to an activating group) is 2. The lowest BCUT2D eigenvalue weighted by Gasteiger charge is -2.21. The zero-order valence-electron chi connectivity index (χ0n) is 9.41. The number of aliphatic imine (C=N–C) groups is 1. The van der Waals surface area contributed by atoms with Crippen LogP contribution in [0.15, 0.2) is 4.99 Å². The molecule has 0 aliphatic carbocycles. The molecule has 3 nitrogen and oxygen atoms in total. The third-order valence-corrected chi connectivity index (χ3v) is 3.08. The molecule has 0 amide bonds. The zero-order valence-corrected chi connectivity index (χ0v) is 9.41. The lowest BCUT2D eigenvalue weighted by atomic mass is 10.1. The highest BCUT2D eigenvalue weighted by atomic mass is 15.4. The molecule has 3 heteroatoms. The summed E-state index contributed by atoms with van der Waals surface area (Å²) in [7, 11) is 6.13. The maximum absolute atomic E-state index is 4.30. The molecule has 0 N–H and O–H groups in total. The minimum absolute atomic E-state index is 0.587. The normalized spacial score (nSPS) is 31.9. The molecule has 1 saturated heterocycles. The minimum atomic E-state index is 0.587. The first kappa shape index (κ1) is 10.4. The van der Waals surface area contributed by atoms with E-state index in [9.17, 15) is 0 Å². The first-order chi connectivity index (χ1) is 6.13. The van der Waals surface area contributed by atoms with Crippen LogP contribution in [0.1, 0.15) is 26.7 Å². The second-order valence-electron chi connectivity index (χ2n) is 3.84. The Labute approximate surface area is 81.4 Å². The number of hydrogen-bond acceptors (Lipinski definition) is 1. The summed E-state index contributed by atoms with van der Waals surface area (Å²) in [6, 6.07) is 1.22. The molecular formula is C10H21N3. The lowest BCUT2D eigenvalue weighted by Crippen LogP contribution is -2.32. The molecule has 0 aromatic heterocycles. The van der Waals surface area contributed by atoms with E-state index in [0.717, 1.165) is 5.96 Å². The van der Waals surface area contributed by atoms with E-state index in [0.29, 0.717) is 12.1 Å². The molecule has 76 valence electrons. The van der Waals surface area contributed by atoms with Crippen molar-refractivity contribution >= 4 is 5.96 Å². The van der Waals surface area contributed by atoms with Crippen LogP contribution in [0.4, 0.5) is 0 Å². The van der Waals surface area contributed by atoms with Crippen LogP contribution in [0.3, 0.4) is 0 Å². The highest BCUT2D eigenvalue weighted by molar-refractivity contribution is 5.82. The van der Waals surface area contributed by atoms with Crippen molar-refractivity contribution in [2.75, 3.05) is 21.1 Å². The molecule has 1 rings (SSSR count). The second kappa shape index (κ2) is 3.99. The van der Waals surface area contributed by atoms with Crippen LogP contribution in [0, 0.1) is 0 Å². The average molecular weight is 183 g/mol. The van der Waals surface area contributed by atoms with Crippen molar-refractivity contribution in [2.45, 2.75) is 38.8 Å². The number of guanidine groups is 1. The largest absolute Gasteiger partial charge is 0.341 e. The van der Waals surface area contributed by atoms with Crippen LogP contribution in [-0.2, 0) is 0 Å². The summed E-state index contributed by atoms with van der Waals surface area (Å²) in [6.07, 6.45) is 2.49. The minimum Gasteiger partial charge on any atom is -0.341 e. The van der Waals surface area contributed by atoms with Crippen LogP contribution in [0.25, 0.3) is 0 Å². The van der Waals surface area contributed by atoms with E-state index in [1.165, 1.54) is 12.8 Å². The molecule has 2 unspecified atom stereocenters. The molecule has 1 fully saturated rings. The monoisotopic (exact) mass is 183 g/mol. The van der Waals surface area contributed by atoms with Crippen LogP contribution >= 0.6 is 0 Å². The van der Waals surface area contributed by atoms with Gasteiger partial charge in [-0.1, -0.05) is 13.3 Å². The van der Waals surface area contributed by atoms with E-state index in [-0.39, 0.29) is 0 Å². The van der Waals surface area contributed by atoms with E-state index in [1.807, 2.05) is 7.05 Å². The van der Waals surface area contributed by atoms with Crippen LogP contribution in [-0.4, -0.2) is 49.0 Å². The summed E-state index contributed by atoms with van der Waals surface area (Å²) in [5, 5.41) is 0. The summed E-state index contributed by atoms with van der Waals surface area (Å²) in [6.45, 7) is 4.51. The van der Waals surface area contributed by atoms with E-state index in [2.05, 4.69) is 42.7 Å². The number of nitrogens with zero attached hydrogens (tertiary/aromatic N) is 3. The highest BCUT2D eigenvalue weighted by Crippen LogP contribution is 2.22. The van der Waals surface area contributed by atoms with Gasteiger partial charge in [0, 0.05) is 27.2 Å². The molecule has 1 aliphatic heterocycles. The molecule has 0 aromatic carbocycles. The van der Waals surface area contributed by atoms with Gasteiger partial charge in [-0.3, -0.25) is 4.99 Å². The summed E-state index contributed by atoms with van der Waals surface area (Å²) in [5.41, 5.74) is 0. The van der Waals surface area contributed by atoms with Crippen molar-refractivity contribution in [1.29, 1.82) is 0 Å². The quantitative estimate of drug-likeness (QED) is 0.644. The van der Waals surface area contributed by atoms with Gasteiger partial charge in [0.15, 0.2) is 5.96 Å². The van der Waals surface area contributed by atoms with Crippen LogP contribution in [0.2, 0.25) is 0 Å². The Bertz CT molecular complexity index is 200. The predicted molar refractivity (Wildman–Crippen MR) is 57.0 cm³/mol. The summed E-state index contributed by atoms with van der Waals surface area (Å²) in [4.78, 5) is 8.86. The number of hydrogen-bond donors (Lipinski definition) is 0. The van der Waals surface area contributed by atoms with E-state index in [4.69, 9.17) is 0 Å². The molecule has 13 heavy (non-hydrogen) atoms. The van der Waals surface area contributed by atoms with Gasteiger partial charge in [-0.15, -0.1) is 0 Å². The SMILES string of the molecule is CCCC1C(C)N(C)/C(=N\C)N1C. The Morgan fingerprint density at radius 1 is 1.31 bits per heavy atom. The van der Waals surface area contributed by atoms with Crippen molar-refractivity contribution < 1.29 is 0 Å². The maximum atomic E-state index is 4.30. The van der Waals surface area contributed by atoms with E-state index >= 15 is 0 Å². The van der Waals surface area contributed by atoms with Gasteiger partial charge in [0.05, 0.1) is 6.04 Å². The van der Waals surface area contributed by atoms with Gasteiger partial charge in [-0.2, -0.15) is 0 Å². The van der Waals surface area contributed by atoms with Gasteiger partial charge < -0.3 is 9.80 Å². The molecule has 0 saturated carbocycles. The third kappa shape index (κ3) is 1.64. The first-order valence-corrected chi connectivity index (χ1v) is 5.05.